The van der Waals surface area contributed by atoms with Crippen LogP contribution in [0.25, 0.3) is 0 Å². The predicted octanol–water partition coefficient (Wildman–Crippen LogP) is 5.85. The molecule has 1 unspecified atom stereocenters. The summed E-state index contributed by atoms with van der Waals surface area (Å²) in [5.41, 5.74) is 1.93. The molecule has 0 bridgehead atoms. The summed E-state index contributed by atoms with van der Waals surface area (Å²) >= 11 is 15.7. The Morgan fingerprint density at radius 3 is 2.53 bits per heavy atom. The van der Waals surface area contributed by atoms with Crippen LogP contribution in [0.5, 0.6) is 0 Å². The van der Waals surface area contributed by atoms with Gasteiger partial charge in [0.1, 0.15) is 5.82 Å². The van der Waals surface area contributed by atoms with E-state index in [0.29, 0.717) is 16.5 Å². The lowest BCUT2D eigenvalue weighted by molar-refractivity contribution is 0.621. The molecule has 0 heterocycles. The van der Waals surface area contributed by atoms with Crippen molar-refractivity contribution in [3.05, 3.63) is 69.5 Å². The Bertz CT molecular complexity index is 572. The van der Waals surface area contributed by atoms with Gasteiger partial charge in [0.2, 0.25) is 0 Å². The van der Waals surface area contributed by atoms with Crippen molar-refractivity contribution < 1.29 is 4.39 Å². The molecule has 0 fully saturated rings. The molecule has 0 aliphatic carbocycles. The van der Waals surface area contributed by atoms with Crippen LogP contribution in [0.2, 0.25) is 10.0 Å². The maximum absolute atomic E-state index is 13.3. The maximum atomic E-state index is 13.3. The van der Waals surface area contributed by atoms with Gasteiger partial charge in [-0.25, -0.2) is 4.39 Å². The number of alkyl halides is 1. The summed E-state index contributed by atoms with van der Waals surface area (Å²) in [4.78, 5) is 0. The van der Waals surface area contributed by atoms with Gasteiger partial charge in [-0.15, -0.1) is 0 Å². The second-order valence-electron chi connectivity index (χ2n) is 4.32. The van der Waals surface area contributed by atoms with Crippen molar-refractivity contribution in [2.45, 2.75) is 12.3 Å². The van der Waals surface area contributed by atoms with Gasteiger partial charge >= 0.3 is 0 Å². The van der Waals surface area contributed by atoms with E-state index in [4.69, 9.17) is 23.2 Å². The lowest BCUT2D eigenvalue weighted by Gasteiger charge is -2.16. The van der Waals surface area contributed by atoms with Gasteiger partial charge in [0.05, 0.1) is 10.0 Å². The van der Waals surface area contributed by atoms with Crippen molar-refractivity contribution in [3.63, 3.8) is 0 Å². The zero-order valence-corrected chi connectivity index (χ0v) is 13.1. The summed E-state index contributed by atoms with van der Waals surface area (Å²) in [6, 6.07) is 12.2. The molecule has 1 atom stereocenters. The molecule has 0 nitrogen and oxygen atoms in total. The second kappa shape index (κ2) is 6.74. The Labute approximate surface area is 130 Å². The first-order valence-electron chi connectivity index (χ1n) is 5.86. The standard InChI is InChI=1S/C15H12BrCl2F/c16-9-12(10-3-1-5-13(19)8-10)7-11-4-2-6-14(17)15(11)18/h1-6,8,12H,7,9H2. The lowest BCUT2D eigenvalue weighted by Crippen LogP contribution is -2.05. The SMILES string of the molecule is Fc1cccc(C(CBr)Cc2cccc(Cl)c2Cl)c1. The Kier molecular flexibility index (Phi) is 5.26. The fraction of sp³-hybridized carbons (Fsp3) is 0.200. The predicted molar refractivity (Wildman–Crippen MR) is 83.1 cm³/mol. The Hall–Kier alpha value is -0.570. The molecule has 0 aliphatic heterocycles. The van der Waals surface area contributed by atoms with Crippen LogP contribution in [0, 0.1) is 5.82 Å². The van der Waals surface area contributed by atoms with E-state index < -0.39 is 0 Å². The van der Waals surface area contributed by atoms with Crippen LogP contribution in [0.4, 0.5) is 4.39 Å². The zero-order chi connectivity index (χ0) is 13.8. The molecule has 0 amide bonds. The molecule has 2 aromatic carbocycles. The average Bonchev–Trinajstić information content (AvgIpc) is 2.40. The van der Waals surface area contributed by atoms with E-state index in [9.17, 15) is 4.39 Å². The summed E-state index contributed by atoms with van der Waals surface area (Å²) < 4.78 is 13.3. The van der Waals surface area contributed by atoms with Crippen LogP contribution in [-0.2, 0) is 6.42 Å². The Balaban J connectivity index is 2.26. The van der Waals surface area contributed by atoms with Crippen LogP contribution in [0.15, 0.2) is 42.5 Å². The van der Waals surface area contributed by atoms with Gasteiger partial charge in [0.15, 0.2) is 0 Å². The van der Waals surface area contributed by atoms with Crippen molar-refractivity contribution in [3.8, 4) is 0 Å². The van der Waals surface area contributed by atoms with Crippen molar-refractivity contribution in [2.24, 2.45) is 0 Å². The monoisotopic (exact) mass is 360 g/mol. The third kappa shape index (κ3) is 3.71. The molecule has 100 valence electrons. The normalized spacial score (nSPS) is 12.4. The Morgan fingerprint density at radius 2 is 1.84 bits per heavy atom. The van der Waals surface area contributed by atoms with Crippen LogP contribution in [0.3, 0.4) is 0 Å². The quantitative estimate of drug-likeness (QED) is 0.599. The minimum atomic E-state index is -0.222. The van der Waals surface area contributed by atoms with Gasteiger partial charge in [0.25, 0.3) is 0 Å². The second-order valence-corrected chi connectivity index (χ2v) is 5.76. The van der Waals surface area contributed by atoms with Gasteiger partial charge < -0.3 is 0 Å². The molecule has 0 saturated heterocycles. The van der Waals surface area contributed by atoms with E-state index >= 15 is 0 Å². The molecule has 2 rings (SSSR count). The van der Waals surface area contributed by atoms with Gasteiger partial charge in [0, 0.05) is 5.33 Å². The molecule has 0 N–H and O–H groups in total. The molecule has 0 aliphatic rings. The first-order valence-corrected chi connectivity index (χ1v) is 7.74. The lowest BCUT2D eigenvalue weighted by atomic mass is 9.93. The van der Waals surface area contributed by atoms with Gasteiger partial charge in [-0.3, -0.25) is 0 Å². The highest BCUT2D eigenvalue weighted by molar-refractivity contribution is 9.09. The molecule has 4 heteroatoms. The van der Waals surface area contributed by atoms with Crippen LogP contribution >= 0.6 is 39.1 Å². The summed E-state index contributed by atoms with van der Waals surface area (Å²) in [6.45, 7) is 0. The topological polar surface area (TPSA) is 0 Å². The van der Waals surface area contributed by atoms with E-state index in [0.717, 1.165) is 16.5 Å². The van der Waals surface area contributed by atoms with E-state index in [2.05, 4.69) is 15.9 Å². The van der Waals surface area contributed by atoms with Crippen molar-refractivity contribution in [2.75, 3.05) is 5.33 Å². The van der Waals surface area contributed by atoms with E-state index in [-0.39, 0.29) is 11.7 Å². The first kappa shape index (κ1) is 14.8. The third-order valence-electron chi connectivity index (χ3n) is 3.00. The van der Waals surface area contributed by atoms with Crippen LogP contribution in [0.1, 0.15) is 17.0 Å². The number of halogens is 4. The number of benzene rings is 2. The number of hydrogen-bond donors (Lipinski definition) is 0. The summed E-state index contributed by atoms with van der Waals surface area (Å²) in [7, 11) is 0. The highest BCUT2D eigenvalue weighted by atomic mass is 79.9. The fourth-order valence-corrected chi connectivity index (χ4v) is 2.99. The molecule has 0 radical (unpaired) electrons. The van der Waals surface area contributed by atoms with E-state index in [1.807, 2.05) is 18.2 Å². The maximum Gasteiger partial charge on any atom is 0.123 e. The fourth-order valence-electron chi connectivity index (χ4n) is 1.99. The largest absolute Gasteiger partial charge is 0.207 e. The van der Waals surface area contributed by atoms with Gasteiger partial charge in [-0.2, -0.15) is 0 Å². The van der Waals surface area contributed by atoms with Crippen LogP contribution in [-0.4, -0.2) is 5.33 Å². The summed E-state index contributed by atoms with van der Waals surface area (Å²) in [6.07, 6.45) is 0.716. The smallest absolute Gasteiger partial charge is 0.123 e. The molecule has 0 saturated carbocycles. The van der Waals surface area contributed by atoms with Crippen LogP contribution < -0.4 is 0 Å². The van der Waals surface area contributed by atoms with E-state index in [1.54, 1.807) is 18.2 Å². The molecular formula is C15H12BrCl2F. The van der Waals surface area contributed by atoms with Crippen molar-refractivity contribution >= 4 is 39.1 Å². The summed E-state index contributed by atoms with van der Waals surface area (Å²) in [5.74, 6) is -0.0627. The highest BCUT2D eigenvalue weighted by Gasteiger charge is 2.14. The minimum absolute atomic E-state index is 0.159. The number of hydrogen-bond acceptors (Lipinski definition) is 0. The molecule has 0 aromatic heterocycles. The molecule has 19 heavy (non-hydrogen) atoms. The molecule has 2 aromatic rings. The van der Waals surface area contributed by atoms with Crippen molar-refractivity contribution in [1.82, 2.24) is 0 Å². The highest BCUT2D eigenvalue weighted by Crippen LogP contribution is 2.31. The van der Waals surface area contributed by atoms with Gasteiger partial charge in [-0.05, 0) is 41.7 Å². The molecular weight excluding hydrogens is 350 g/mol. The van der Waals surface area contributed by atoms with E-state index in [1.165, 1.54) is 6.07 Å². The Morgan fingerprint density at radius 1 is 1.11 bits per heavy atom. The zero-order valence-electron chi connectivity index (χ0n) is 10.0. The first-order chi connectivity index (χ1) is 9.11. The van der Waals surface area contributed by atoms with Crippen molar-refractivity contribution in [1.29, 1.82) is 0 Å². The number of rotatable bonds is 4. The third-order valence-corrected chi connectivity index (χ3v) is 4.64. The minimum Gasteiger partial charge on any atom is -0.207 e. The molecule has 0 spiro atoms. The van der Waals surface area contributed by atoms with Gasteiger partial charge in [-0.1, -0.05) is 63.4 Å². The average molecular weight is 362 g/mol. The summed E-state index contributed by atoms with van der Waals surface area (Å²) in [5, 5.41) is 1.86.